The molecule has 9 heteroatoms. The van der Waals surface area contributed by atoms with E-state index in [-0.39, 0.29) is 23.5 Å². The number of methoxy groups -OCH3 is 1. The third-order valence-corrected chi connectivity index (χ3v) is 3.84. The number of alkyl halides is 3. The van der Waals surface area contributed by atoms with Crippen LogP contribution in [0.3, 0.4) is 0 Å². The van der Waals surface area contributed by atoms with Gasteiger partial charge in [-0.1, -0.05) is 6.92 Å². The first-order chi connectivity index (χ1) is 12.7. The molecule has 0 bridgehead atoms. The Bertz CT molecular complexity index is 797. The van der Waals surface area contributed by atoms with Crippen LogP contribution >= 0.6 is 0 Å². The van der Waals surface area contributed by atoms with Crippen LogP contribution < -0.4 is 10.1 Å². The number of ether oxygens (including phenoxy) is 2. The van der Waals surface area contributed by atoms with E-state index in [0.29, 0.717) is 30.5 Å². The molecule has 1 atom stereocenters. The Morgan fingerprint density at radius 1 is 1.19 bits per heavy atom. The summed E-state index contributed by atoms with van der Waals surface area (Å²) in [6, 6.07) is 2.41. The van der Waals surface area contributed by atoms with Crippen LogP contribution in [0.25, 0.3) is 0 Å². The highest BCUT2D eigenvalue weighted by Crippen LogP contribution is 2.37. The number of aryl methyl sites for hydroxylation is 1. The molecule has 2 rings (SSSR count). The number of nitrogens with zero attached hydrogens (tertiary/aromatic N) is 2. The highest BCUT2D eigenvalue weighted by atomic mass is 19.4. The second-order valence-electron chi connectivity index (χ2n) is 5.97. The lowest BCUT2D eigenvalue weighted by atomic mass is 10.1. The number of anilines is 2. The maximum Gasteiger partial charge on any atom is 0.418 e. The molecule has 1 aromatic heterocycles. The normalized spacial score (nSPS) is 12.7. The average molecular weight is 387 g/mol. The summed E-state index contributed by atoms with van der Waals surface area (Å²) in [5.41, 5.74) is -0.987. The molecule has 148 valence electrons. The maximum absolute atomic E-state index is 13.3. The number of hydrogen-bond donors (Lipinski definition) is 1. The van der Waals surface area contributed by atoms with Crippen molar-refractivity contribution >= 4 is 11.5 Å². The van der Waals surface area contributed by atoms with Gasteiger partial charge in [-0.3, -0.25) is 0 Å². The van der Waals surface area contributed by atoms with Crippen LogP contribution in [0.1, 0.15) is 30.3 Å². The van der Waals surface area contributed by atoms with Crippen LogP contribution in [0.5, 0.6) is 5.88 Å². The smallest absolute Gasteiger partial charge is 0.418 e. The Kier molecular flexibility index (Phi) is 6.59. The molecule has 0 saturated carbocycles. The van der Waals surface area contributed by atoms with E-state index in [9.17, 15) is 17.6 Å². The topological polar surface area (TPSA) is 56.3 Å². The van der Waals surface area contributed by atoms with Crippen molar-refractivity contribution in [2.45, 2.75) is 39.5 Å². The molecule has 0 saturated heterocycles. The molecule has 5 nitrogen and oxygen atoms in total. The highest BCUT2D eigenvalue weighted by Gasteiger charge is 2.34. The first-order valence-electron chi connectivity index (χ1n) is 8.30. The molecule has 27 heavy (non-hydrogen) atoms. The lowest BCUT2D eigenvalue weighted by Crippen LogP contribution is -2.23. The summed E-state index contributed by atoms with van der Waals surface area (Å²) >= 11 is 0. The minimum absolute atomic E-state index is 0.155. The minimum Gasteiger partial charge on any atom is -0.472 e. The fraction of sp³-hybridized carbons (Fsp3) is 0.444. The van der Waals surface area contributed by atoms with Crippen molar-refractivity contribution in [3.8, 4) is 5.88 Å². The van der Waals surface area contributed by atoms with E-state index in [1.807, 2.05) is 6.92 Å². The fourth-order valence-corrected chi connectivity index (χ4v) is 2.41. The second-order valence-corrected chi connectivity index (χ2v) is 5.97. The van der Waals surface area contributed by atoms with Crippen molar-refractivity contribution in [3.05, 3.63) is 41.0 Å². The van der Waals surface area contributed by atoms with Crippen LogP contribution in [0.4, 0.5) is 29.1 Å². The molecule has 1 unspecified atom stereocenters. The van der Waals surface area contributed by atoms with Crippen LogP contribution in [-0.2, 0) is 10.9 Å². The summed E-state index contributed by atoms with van der Waals surface area (Å²) in [5, 5.41) is 2.63. The zero-order valence-electron chi connectivity index (χ0n) is 15.4. The molecule has 1 aromatic carbocycles. The Hall–Kier alpha value is -2.42. The van der Waals surface area contributed by atoms with Gasteiger partial charge in [0.15, 0.2) is 0 Å². The van der Waals surface area contributed by atoms with E-state index in [1.54, 1.807) is 21.0 Å². The zero-order chi connectivity index (χ0) is 20.2. The molecule has 1 heterocycles. The van der Waals surface area contributed by atoms with Crippen molar-refractivity contribution in [1.29, 1.82) is 0 Å². The van der Waals surface area contributed by atoms with Crippen LogP contribution in [0.15, 0.2) is 18.2 Å². The number of aromatic nitrogens is 2. The summed E-state index contributed by atoms with van der Waals surface area (Å²) in [6.45, 7) is 5.50. The fourth-order valence-electron chi connectivity index (χ4n) is 2.41. The molecule has 0 radical (unpaired) electrons. The van der Waals surface area contributed by atoms with E-state index in [4.69, 9.17) is 9.47 Å². The second kappa shape index (κ2) is 8.51. The number of rotatable bonds is 7. The monoisotopic (exact) mass is 387 g/mol. The van der Waals surface area contributed by atoms with Gasteiger partial charge in [0, 0.05) is 7.11 Å². The Morgan fingerprint density at radius 3 is 2.48 bits per heavy atom. The molecule has 0 spiro atoms. The van der Waals surface area contributed by atoms with Gasteiger partial charge in [-0.15, -0.1) is 0 Å². The predicted octanol–water partition coefficient (Wildman–Crippen LogP) is 4.80. The predicted molar refractivity (Wildman–Crippen MR) is 92.8 cm³/mol. The Morgan fingerprint density at radius 2 is 1.89 bits per heavy atom. The van der Waals surface area contributed by atoms with Gasteiger partial charge in [-0.2, -0.15) is 18.2 Å². The van der Waals surface area contributed by atoms with E-state index in [1.165, 1.54) is 0 Å². The summed E-state index contributed by atoms with van der Waals surface area (Å²) in [7, 11) is 1.55. The zero-order valence-corrected chi connectivity index (χ0v) is 15.4. The molecule has 2 aromatic rings. The van der Waals surface area contributed by atoms with Gasteiger partial charge in [-0.05, 0) is 38.5 Å². The van der Waals surface area contributed by atoms with Gasteiger partial charge in [0.2, 0.25) is 5.88 Å². The number of halogens is 4. The van der Waals surface area contributed by atoms with Crippen molar-refractivity contribution in [3.63, 3.8) is 0 Å². The standard InChI is InChI=1S/C18H21F4N3O2/c1-5-13(9-26-4)27-17-10(2)16(23-11(3)24-17)25-15-7-6-12(19)8-14(15)18(20,21)22/h6-8,13H,5,9H2,1-4H3,(H,23,24,25). The molecular formula is C18H21F4N3O2. The van der Waals surface area contributed by atoms with E-state index >= 15 is 0 Å². The summed E-state index contributed by atoms with van der Waals surface area (Å²) in [4.78, 5) is 8.38. The molecule has 0 fully saturated rings. The lowest BCUT2D eigenvalue weighted by molar-refractivity contribution is -0.137. The van der Waals surface area contributed by atoms with E-state index in [2.05, 4.69) is 15.3 Å². The Balaban J connectivity index is 2.41. The minimum atomic E-state index is -4.72. The molecule has 0 aliphatic heterocycles. The maximum atomic E-state index is 13.3. The molecule has 1 N–H and O–H groups in total. The lowest BCUT2D eigenvalue weighted by Gasteiger charge is -2.20. The third-order valence-electron chi connectivity index (χ3n) is 3.84. The molecular weight excluding hydrogens is 366 g/mol. The van der Waals surface area contributed by atoms with Gasteiger partial charge in [0.25, 0.3) is 0 Å². The van der Waals surface area contributed by atoms with Crippen LogP contribution in [-0.4, -0.2) is 29.8 Å². The third kappa shape index (κ3) is 5.29. The van der Waals surface area contributed by atoms with Gasteiger partial charge in [-0.25, -0.2) is 9.37 Å². The van der Waals surface area contributed by atoms with Gasteiger partial charge < -0.3 is 14.8 Å². The van der Waals surface area contributed by atoms with Crippen LogP contribution in [0.2, 0.25) is 0 Å². The van der Waals surface area contributed by atoms with E-state index < -0.39 is 17.6 Å². The first-order valence-corrected chi connectivity index (χ1v) is 8.30. The Labute approximate surface area is 154 Å². The number of nitrogens with one attached hydrogen (secondary N) is 1. The first kappa shape index (κ1) is 20.9. The van der Waals surface area contributed by atoms with Crippen molar-refractivity contribution < 1.29 is 27.0 Å². The van der Waals surface area contributed by atoms with Crippen molar-refractivity contribution in [2.24, 2.45) is 0 Å². The number of hydrogen-bond acceptors (Lipinski definition) is 5. The SMILES string of the molecule is CCC(COC)Oc1nc(C)nc(Nc2ccc(F)cc2C(F)(F)F)c1C. The summed E-state index contributed by atoms with van der Waals surface area (Å²) < 4.78 is 63.8. The highest BCUT2D eigenvalue weighted by molar-refractivity contribution is 5.65. The van der Waals surface area contributed by atoms with Gasteiger partial charge >= 0.3 is 6.18 Å². The van der Waals surface area contributed by atoms with Gasteiger partial charge in [0.1, 0.15) is 23.6 Å². The van der Waals surface area contributed by atoms with Gasteiger partial charge in [0.05, 0.1) is 23.4 Å². The van der Waals surface area contributed by atoms with Crippen molar-refractivity contribution in [2.75, 3.05) is 19.0 Å². The summed E-state index contributed by atoms with van der Waals surface area (Å²) in [6.07, 6.45) is -4.31. The average Bonchev–Trinajstić information content (AvgIpc) is 2.59. The van der Waals surface area contributed by atoms with Crippen molar-refractivity contribution in [1.82, 2.24) is 9.97 Å². The molecule has 0 aliphatic rings. The molecule has 0 amide bonds. The number of benzene rings is 1. The van der Waals surface area contributed by atoms with Crippen LogP contribution in [0, 0.1) is 19.7 Å². The quantitative estimate of drug-likeness (QED) is 0.692. The summed E-state index contributed by atoms with van der Waals surface area (Å²) in [5.74, 6) is -0.245. The molecule has 0 aliphatic carbocycles. The van der Waals surface area contributed by atoms with E-state index in [0.717, 1.165) is 12.1 Å². The largest absolute Gasteiger partial charge is 0.472 e.